The van der Waals surface area contributed by atoms with Gasteiger partial charge in [0.05, 0.1) is 12.1 Å². The van der Waals surface area contributed by atoms with Crippen LogP contribution >= 0.6 is 0 Å². The summed E-state index contributed by atoms with van der Waals surface area (Å²) in [5, 5.41) is 3.70. The number of carbonyl (C=O) groups is 1. The number of nitrogens with zero attached hydrogens (tertiary/aromatic N) is 1. The van der Waals surface area contributed by atoms with Crippen LogP contribution in [0.2, 0.25) is 0 Å². The highest BCUT2D eigenvalue weighted by molar-refractivity contribution is 5.95. The lowest BCUT2D eigenvalue weighted by Gasteiger charge is -2.51. The molecule has 1 aromatic heterocycles. The molecule has 154 valence electrons. The Labute approximate surface area is 173 Å². The molecule has 3 aromatic rings. The maximum Gasteiger partial charge on any atom is 0.254 e. The average Bonchev–Trinajstić information content (AvgIpc) is 2.74. The molecule has 2 fully saturated rings. The summed E-state index contributed by atoms with van der Waals surface area (Å²) in [6.07, 6.45) is 4.87. The first-order chi connectivity index (χ1) is 14.5. The molecule has 4 nitrogen and oxygen atoms in total. The van der Waals surface area contributed by atoms with E-state index in [1.165, 1.54) is 18.2 Å². The number of benzene rings is 2. The lowest BCUT2D eigenvalue weighted by molar-refractivity contribution is -0.201. The van der Waals surface area contributed by atoms with Crippen molar-refractivity contribution in [1.82, 2.24) is 4.98 Å². The van der Waals surface area contributed by atoms with Gasteiger partial charge in [0.1, 0.15) is 17.7 Å². The van der Waals surface area contributed by atoms with Crippen molar-refractivity contribution in [3.05, 3.63) is 71.9 Å². The minimum absolute atomic E-state index is 0.158. The summed E-state index contributed by atoms with van der Waals surface area (Å²) in [5.41, 5.74) is 2.33. The van der Waals surface area contributed by atoms with Gasteiger partial charge in [0.25, 0.3) is 5.91 Å². The molecule has 0 radical (unpaired) electrons. The summed E-state index contributed by atoms with van der Waals surface area (Å²) in [5.74, 6) is -0.466. The summed E-state index contributed by atoms with van der Waals surface area (Å²) in [6, 6.07) is 12.4. The lowest BCUT2D eigenvalue weighted by Crippen LogP contribution is -2.58. The van der Waals surface area contributed by atoms with Gasteiger partial charge < -0.3 is 10.1 Å². The van der Waals surface area contributed by atoms with Gasteiger partial charge >= 0.3 is 0 Å². The third-order valence-corrected chi connectivity index (χ3v) is 6.60. The molecule has 1 amide bonds. The number of aromatic nitrogens is 1. The van der Waals surface area contributed by atoms with Crippen LogP contribution in [0.5, 0.6) is 0 Å². The van der Waals surface area contributed by atoms with E-state index in [4.69, 9.17) is 4.74 Å². The SMILES string of the molecule is O=C(Nc1ccc(F)cc1)C1OCC12CCC(c1ccnc3ccc(F)cc13)CC2. The highest BCUT2D eigenvalue weighted by atomic mass is 19.1. The van der Waals surface area contributed by atoms with Crippen LogP contribution in [-0.4, -0.2) is 23.6 Å². The van der Waals surface area contributed by atoms with Crippen molar-refractivity contribution in [3.8, 4) is 0 Å². The first-order valence-corrected chi connectivity index (χ1v) is 10.3. The van der Waals surface area contributed by atoms with Crippen LogP contribution in [0.1, 0.15) is 37.2 Å². The number of halogens is 2. The van der Waals surface area contributed by atoms with Crippen LogP contribution in [0, 0.1) is 17.0 Å². The molecule has 0 bridgehead atoms. The number of ether oxygens (including phenoxy) is 1. The molecule has 1 aliphatic carbocycles. The Kier molecular flexibility index (Phi) is 4.74. The predicted molar refractivity (Wildman–Crippen MR) is 110 cm³/mol. The quantitative estimate of drug-likeness (QED) is 0.649. The van der Waals surface area contributed by atoms with Gasteiger partial charge in [-0.3, -0.25) is 9.78 Å². The third-order valence-electron chi connectivity index (χ3n) is 6.60. The molecule has 6 heteroatoms. The maximum absolute atomic E-state index is 13.8. The van der Waals surface area contributed by atoms with Crippen molar-refractivity contribution >= 4 is 22.5 Å². The van der Waals surface area contributed by atoms with Crippen LogP contribution < -0.4 is 5.32 Å². The second-order valence-corrected chi connectivity index (χ2v) is 8.39. The number of rotatable bonds is 3. The van der Waals surface area contributed by atoms with E-state index in [-0.39, 0.29) is 23.0 Å². The first-order valence-electron chi connectivity index (χ1n) is 10.3. The Morgan fingerprint density at radius 3 is 2.47 bits per heavy atom. The Balaban J connectivity index is 1.29. The van der Waals surface area contributed by atoms with Crippen molar-refractivity contribution in [3.63, 3.8) is 0 Å². The largest absolute Gasteiger partial charge is 0.367 e. The normalized spacial score (nSPS) is 25.8. The average molecular weight is 408 g/mol. The third kappa shape index (κ3) is 3.35. The zero-order valence-corrected chi connectivity index (χ0v) is 16.4. The second-order valence-electron chi connectivity index (χ2n) is 8.39. The van der Waals surface area contributed by atoms with Crippen molar-refractivity contribution in [2.75, 3.05) is 11.9 Å². The molecule has 2 aliphatic rings. The van der Waals surface area contributed by atoms with E-state index in [2.05, 4.69) is 10.3 Å². The number of hydrogen-bond acceptors (Lipinski definition) is 3. The molecular formula is C24H22F2N2O2. The molecule has 30 heavy (non-hydrogen) atoms. The summed E-state index contributed by atoms with van der Waals surface area (Å²) in [6.45, 7) is 0.576. The number of carbonyl (C=O) groups excluding carboxylic acids is 1. The van der Waals surface area contributed by atoms with Crippen LogP contribution in [0.15, 0.2) is 54.7 Å². The fourth-order valence-corrected chi connectivity index (χ4v) is 4.90. The minimum Gasteiger partial charge on any atom is -0.367 e. The molecule has 1 saturated heterocycles. The van der Waals surface area contributed by atoms with Gasteiger partial charge in [0.2, 0.25) is 0 Å². The van der Waals surface area contributed by atoms with Gasteiger partial charge in [-0.15, -0.1) is 0 Å². The molecule has 1 aliphatic heterocycles. The minimum atomic E-state index is -0.491. The van der Waals surface area contributed by atoms with E-state index in [9.17, 15) is 13.6 Å². The van der Waals surface area contributed by atoms with E-state index in [0.29, 0.717) is 18.2 Å². The fourth-order valence-electron chi connectivity index (χ4n) is 4.90. The monoisotopic (exact) mass is 408 g/mol. The second kappa shape index (κ2) is 7.43. The Bertz CT molecular complexity index is 1090. The van der Waals surface area contributed by atoms with Gasteiger partial charge in [-0.2, -0.15) is 0 Å². The molecular weight excluding hydrogens is 386 g/mol. The number of fused-ring (bicyclic) bond motifs is 1. The zero-order valence-electron chi connectivity index (χ0n) is 16.4. The number of hydrogen-bond donors (Lipinski definition) is 1. The highest BCUT2D eigenvalue weighted by Crippen LogP contribution is 2.51. The number of amides is 1. The molecule has 1 atom stereocenters. The number of nitrogens with one attached hydrogen (secondary N) is 1. The topological polar surface area (TPSA) is 51.2 Å². The standard InChI is InChI=1S/C24H22F2N2O2/c25-16-1-4-18(5-2-16)28-23(29)22-24(14-30-22)10-7-15(8-11-24)19-9-12-27-21-6-3-17(26)13-20(19)21/h1-6,9,12-13,15,22H,7-8,10-11,14H2,(H,28,29). The van der Waals surface area contributed by atoms with Gasteiger partial charge in [0, 0.05) is 22.7 Å². The van der Waals surface area contributed by atoms with E-state index in [0.717, 1.165) is 42.1 Å². The molecule has 5 rings (SSSR count). The summed E-state index contributed by atoms with van der Waals surface area (Å²) in [7, 11) is 0. The van der Waals surface area contributed by atoms with Crippen LogP contribution in [-0.2, 0) is 9.53 Å². The van der Waals surface area contributed by atoms with E-state index in [1.807, 2.05) is 6.07 Å². The smallest absolute Gasteiger partial charge is 0.254 e. The van der Waals surface area contributed by atoms with Crippen molar-refractivity contribution in [2.45, 2.75) is 37.7 Å². The fraction of sp³-hybridized carbons (Fsp3) is 0.333. The maximum atomic E-state index is 13.8. The van der Waals surface area contributed by atoms with E-state index >= 15 is 0 Å². The molecule has 1 saturated carbocycles. The van der Waals surface area contributed by atoms with Crippen molar-refractivity contribution < 1.29 is 18.3 Å². The number of pyridine rings is 1. The van der Waals surface area contributed by atoms with Gasteiger partial charge in [-0.1, -0.05) is 0 Å². The molecule has 1 unspecified atom stereocenters. The summed E-state index contributed by atoms with van der Waals surface area (Å²) >= 11 is 0. The van der Waals surface area contributed by atoms with Crippen LogP contribution in [0.4, 0.5) is 14.5 Å². The van der Waals surface area contributed by atoms with Crippen molar-refractivity contribution in [1.29, 1.82) is 0 Å². The Hall–Kier alpha value is -2.86. The lowest BCUT2D eigenvalue weighted by atomic mass is 9.63. The number of anilines is 1. The molecule has 2 heterocycles. The van der Waals surface area contributed by atoms with Gasteiger partial charge in [-0.25, -0.2) is 8.78 Å². The Morgan fingerprint density at radius 2 is 1.77 bits per heavy atom. The predicted octanol–water partition coefficient (Wildman–Crippen LogP) is 5.19. The van der Waals surface area contributed by atoms with E-state index < -0.39 is 6.10 Å². The van der Waals surface area contributed by atoms with Crippen LogP contribution in [0.25, 0.3) is 10.9 Å². The molecule has 1 spiro atoms. The van der Waals surface area contributed by atoms with E-state index in [1.54, 1.807) is 30.5 Å². The zero-order chi connectivity index (χ0) is 20.7. The van der Waals surface area contributed by atoms with Crippen LogP contribution in [0.3, 0.4) is 0 Å². The van der Waals surface area contributed by atoms with Crippen molar-refractivity contribution in [2.24, 2.45) is 5.41 Å². The highest BCUT2D eigenvalue weighted by Gasteiger charge is 2.53. The molecule has 2 aromatic carbocycles. The Morgan fingerprint density at radius 1 is 1.03 bits per heavy atom. The first kappa shape index (κ1) is 19.1. The summed E-state index contributed by atoms with van der Waals surface area (Å²) < 4.78 is 32.5. The van der Waals surface area contributed by atoms with Gasteiger partial charge in [-0.05, 0) is 85.7 Å². The molecule has 1 N–H and O–H groups in total. The summed E-state index contributed by atoms with van der Waals surface area (Å²) in [4.78, 5) is 17.1. The van der Waals surface area contributed by atoms with Gasteiger partial charge in [0.15, 0.2) is 0 Å².